The predicted molar refractivity (Wildman–Crippen MR) is 124 cm³/mol. The second kappa shape index (κ2) is 15.2. The monoisotopic (exact) mass is 498 g/mol. The fraction of sp³-hybridized carbons (Fsp3) is 0.429. The van der Waals surface area contributed by atoms with E-state index in [1.165, 1.54) is 0 Å². The van der Waals surface area contributed by atoms with Crippen LogP contribution in [0.2, 0.25) is 0 Å². The summed E-state index contributed by atoms with van der Waals surface area (Å²) in [5.41, 5.74) is 3.27. The van der Waals surface area contributed by atoms with E-state index >= 15 is 0 Å². The van der Waals surface area contributed by atoms with E-state index in [1.807, 2.05) is 31.2 Å². The molecule has 0 aliphatic heterocycles. The van der Waals surface area contributed by atoms with Gasteiger partial charge in [-0.15, -0.1) is 24.0 Å². The zero-order valence-corrected chi connectivity index (χ0v) is 19.0. The Morgan fingerprint density at radius 2 is 1.82 bits per heavy atom. The molecule has 0 spiro atoms. The van der Waals surface area contributed by atoms with Crippen molar-refractivity contribution < 1.29 is 9.47 Å². The number of hydrogen-bond acceptors (Lipinski definition) is 4. The highest BCUT2D eigenvalue weighted by atomic mass is 127. The summed E-state index contributed by atoms with van der Waals surface area (Å²) in [6.07, 6.45) is 1.79. The molecule has 2 N–H and O–H groups in total. The van der Waals surface area contributed by atoms with Crippen LogP contribution in [0, 0.1) is 0 Å². The van der Waals surface area contributed by atoms with Crippen molar-refractivity contribution in [3.05, 3.63) is 65.5 Å². The average molecular weight is 498 g/mol. The van der Waals surface area contributed by atoms with Gasteiger partial charge in [-0.25, -0.2) is 4.99 Å². The van der Waals surface area contributed by atoms with Gasteiger partial charge in [0.15, 0.2) is 5.96 Å². The van der Waals surface area contributed by atoms with Crippen LogP contribution in [0.25, 0.3) is 0 Å². The Kier molecular flexibility index (Phi) is 13.2. The molecule has 0 aliphatic carbocycles. The molecular weight excluding hydrogens is 467 g/mol. The van der Waals surface area contributed by atoms with E-state index < -0.39 is 0 Å². The van der Waals surface area contributed by atoms with Crippen molar-refractivity contribution in [2.24, 2.45) is 4.99 Å². The van der Waals surface area contributed by atoms with Crippen LogP contribution in [0.3, 0.4) is 0 Å². The molecule has 1 heterocycles. The second-order valence-electron chi connectivity index (χ2n) is 5.94. The van der Waals surface area contributed by atoms with Crippen LogP contribution in [0.1, 0.15) is 30.7 Å². The third-order valence-corrected chi connectivity index (χ3v) is 3.76. The molecule has 2 rings (SSSR count). The van der Waals surface area contributed by atoms with Gasteiger partial charge in [0.25, 0.3) is 0 Å². The lowest BCUT2D eigenvalue weighted by atomic mass is 10.1. The van der Waals surface area contributed by atoms with E-state index in [4.69, 9.17) is 9.47 Å². The molecule has 0 atom stereocenters. The molecule has 0 fully saturated rings. The summed E-state index contributed by atoms with van der Waals surface area (Å²) >= 11 is 0. The fourth-order valence-electron chi connectivity index (χ4n) is 2.46. The van der Waals surface area contributed by atoms with Crippen LogP contribution >= 0.6 is 24.0 Å². The Morgan fingerprint density at radius 1 is 1.00 bits per heavy atom. The molecule has 0 bridgehead atoms. The highest BCUT2D eigenvalue weighted by molar-refractivity contribution is 14.0. The van der Waals surface area contributed by atoms with E-state index in [0.29, 0.717) is 32.9 Å². The summed E-state index contributed by atoms with van der Waals surface area (Å²) in [6, 6.07) is 14.2. The number of nitrogens with zero attached hydrogens (tertiary/aromatic N) is 2. The number of hydrogen-bond donors (Lipinski definition) is 2. The topological polar surface area (TPSA) is 67.8 Å². The van der Waals surface area contributed by atoms with Crippen molar-refractivity contribution in [1.82, 2.24) is 15.6 Å². The third-order valence-electron chi connectivity index (χ3n) is 3.76. The zero-order valence-electron chi connectivity index (χ0n) is 16.7. The molecule has 2 aromatic rings. The van der Waals surface area contributed by atoms with Gasteiger partial charge in [-0.3, -0.25) is 4.98 Å². The molecule has 154 valence electrons. The standard InChI is InChI=1S/C21H30N4O2.HI/c1-3-22-21(25-16-20-10-5-6-11-23-20)24-15-18-8-7-9-19(14-18)17-27-13-12-26-4-2;/h5-11,14H,3-4,12-13,15-17H2,1-2H3,(H2,22,24,25);1H. The van der Waals surface area contributed by atoms with Gasteiger partial charge in [0.2, 0.25) is 0 Å². The van der Waals surface area contributed by atoms with Gasteiger partial charge in [0.1, 0.15) is 0 Å². The SMILES string of the molecule is CCNC(=NCc1cccc(COCCOCC)c1)NCc1ccccn1.I. The number of aliphatic imine (C=N–C) groups is 1. The van der Waals surface area contributed by atoms with Gasteiger partial charge >= 0.3 is 0 Å². The van der Waals surface area contributed by atoms with Crippen LogP contribution in [-0.2, 0) is 29.2 Å². The first-order chi connectivity index (χ1) is 13.3. The summed E-state index contributed by atoms with van der Waals surface area (Å²) in [5, 5.41) is 6.58. The number of pyridine rings is 1. The molecule has 0 saturated carbocycles. The Hall–Kier alpha value is -1.71. The van der Waals surface area contributed by atoms with E-state index in [2.05, 4.69) is 45.7 Å². The number of halogens is 1. The van der Waals surface area contributed by atoms with Gasteiger partial charge in [-0.1, -0.05) is 30.3 Å². The lowest BCUT2D eigenvalue weighted by Gasteiger charge is -2.11. The minimum absolute atomic E-state index is 0. The number of nitrogens with one attached hydrogen (secondary N) is 2. The Bertz CT molecular complexity index is 683. The molecule has 0 unspecified atom stereocenters. The second-order valence-corrected chi connectivity index (χ2v) is 5.94. The van der Waals surface area contributed by atoms with Crippen LogP contribution in [0.5, 0.6) is 0 Å². The van der Waals surface area contributed by atoms with Gasteiger partial charge in [0.05, 0.1) is 38.6 Å². The molecule has 0 radical (unpaired) electrons. The number of guanidine groups is 1. The quantitative estimate of drug-likeness (QED) is 0.215. The summed E-state index contributed by atoms with van der Waals surface area (Å²) in [4.78, 5) is 8.99. The average Bonchev–Trinajstić information content (AvgIpc) is 2.71. The van der Waals surface area contributed by atoms with Crippen LogP contribution in [0.15, 0.2) is 53.7 Å². The highest BCUT2D eigenvalue weighted by Gasteiger charge is 2.01. The highest BCUT2D eigenvalue weighted by Crippen LogP contribution is 2.08. The van der Waals surface area contributed by atoms with E-state index in [-0.39, 0.29) is 24.0 Å². The normalized spacial score (nSPS) is 11.0. The molecule has 6 nitrogen and oxygen atoms in total. The number of rotatable bonds is 11. The minimum atomic E-state index is 0. The minimum Gasteiger partial charge on any atom is -0.379 e. The van der Waals surface area contributed by atoms with Crippen LogP contribution in [-0.4, -0.2) is 37.3 Å². The molecule has 7 heteroatoms. The Morgan fingerprint density at radius 3 is 2.57 bits per heavy atom. The van der Waals surface area contributed by atoms with Crippen LogP contribution in [0.4, 0.5) is 0 Å². The third kappa shape index (κ3) is 10.0. The van der Waals surface area contributed by atoms with Crippen LogP contribution < -0.4 is 10.6 Å². The molecule has 0 aliphatic rings. The summed E-state index contributed by atoms with van der Waals surface area (Å²) in [5.74, 6) is 0.779. The lowest BCUT2D eigenvalue weighted by molar-refractivity contribution is 0.0453. The van der Waals surface area contributed by atoms with E-state index in [1.54, 1.807) is 6.20 Å². The van der Waals surface area contributed by atoms with Gasteiger partial charge in [0, 0.05) is 19.3 Å². The van der Waals surface area contributed by atoms with Crippen molar-refractivity contribution in [2.45, 2.75) is 33.5 Å². The largest absolute Gasteiger partial charge is 0.379 e. The first-order valence-corrected chi connectivity index (χ1v) is 9.47. The summed E-state index contributed by atoms with van der Waals surface area (Å²) in [6.45, 7) is 8.64. The molecule has 1 aromatic carbocycles. The summed E-state index contributed by atoms with van der Waals surface area (Å²) < 4.78 is 10.9. The molecule has 0 saturated heterocycles. The van der Waals surface area contributed by atoms with Crippen molar-refractivity contribution >= 4 is 29.9 Å². The van der Waals surface area contributed by atoms with Crippen molar-refractivity contribution in [1.29, 1.82) is 0 Å². The molecule has 0 amide bonds. The van der Waals surface area contributed by atoms with Crippen molar-refractivity contribution in [3.8, 4) is 0 Å². The van der Waals surface area contributed by atoms with Gasteiger partial charge in [-0.05, 0) is 37.1 Å². The predicted octanol–water partition coefficient (Wildman–Crippen LogP) is 3.51. The van der Waals surface area contributed by atoms with Gasteiger partial charge < -0.3 is 20.1 Å². The molecular formula is C21H31IN4O2. The van der Waals surface area contributed by atoms with E-state index in [0.717, 1.165) is 35.9 Å². The van der Waals surface area contributed by atoms with Crippen molar-refractivity contribution in [3.63, 3.8) is 0 Å². The summed E-state index contributed by atoms with van der Waals surface area (Å²) in [7, 11) is 0. The molecule has 28 heavy (non-hydrogen) atoms. The van der Waals surface area contributed by atoms with E-state index in [9.17, 15) is 0 Å². The fourth-order valence-corrected chi connectivity index (χ4v) is 2.46. The zero-order chi connectivity index (χ0) is 19.2. The smallest absolute Gasteiger partial charge is 0.191 e. The first kappa shape index (κ1) is 24.3. The maximum atomic E-state index is 5.64. The Balaban J connectivity index is 0.00000392. The lowest BCUT2D eigenvalue weighted by Crippen LogP contribution is -2.37. The van der Waals surface area contributed by atoms with Gasteiger partial charge in [-0.2, -0.15) is 0 Å². The van der Waals surface area contributed by atoms with Crippen molar-refractivity contribution in [2.75, 3.05) is 26.4 Å². The first-order valence-electron chi connectivity index (χ1n) is 9.47. The maximum absolute atomic E-state index is 5.64. The maximum Gasteiger partial charge on any atom is 0.191 e. The number of aromatic nitrogens is 1. The number of ether oxygens (including phenoxy) is 2. The molecule has 1 aromatic heterocycles. The Labute approximate surface area is 185 Å². The number of benzene rings is 1.